The molecule has 0 saturated heterocycles. The van der Waals surface area contributed by atoms with E-state index in [0.717, 1.165) is 6.07 Å². The van der Waals surface area contributed by atoms with Crippen LogP contribution in [0.25, 0.3) is 0 Å². The summed E-state index contributed by atoms with van der Waals surface area (Å²) in [7, 11) is 0. The molecule has 1 N–H and O–H groups in total. The van der Waals surface area contributed by atoms with E-state index in [1.807, 2.05) is 6.92 Å². The van der Waals surface area contributed by atoms with Gasteiger partial charge in [0.05, 0.1) is 11.6 Å². The maximum atomic E-state index is 13.3. The summed E-state index contributed by atoms with van der Waals surface area (Å²) in [5.41, 5.74) is 0.249. The minimum absolute atomic E-state index is 0.195. The first-order valence-corrected chi connectivity index (χ1v) is 7.22. The summed E-state index contributed by atoms with van der Waals surface area (Å²) in [5, 5.41) is 3.09. The molecule has 0 amide bonds. The van der Waals surface area contributed by atoms with Gasteiger partial charge in [-0.15, -0.1) is 0 Å². The van der Waals surface area contributed by atoms with Crippen LogP contribution in [0.3, 0.4) is 0 Å². The molecular formula is C15H14BrF3N2. The molecular weight excluding hydrogens is 345 g/mol. The lowest BCUT2D eigenvalue weighted by Crippen LogP contribution is -2.25. The van der Waals surface area contributed by atoms with Gasteiger partial charge in [0.15, 0.2) is 0 Å². The van der Waals surface area contributed by atoms with Crippen LogP contribution in [-0.4, -0.2) is 11.5 Å². The van der Waals surface area contributed by atoms with Crippen LogP contribution in [0.2, 0.25) is 0 Å². The molecule has 2 nitrogen and oxygen atoms in total. The average Bonchev–Trinajstić information content (AvgIpc) is 2.45. The number of hydrogen-bond acceptors (Lipinski definition) is 2. The molecule has 6 heteroatoms. The van der Waals surface area contributed by atoms with Crippen molar-refractivity contribution in [3.8, 4) is 0 Å². The van der Waals surface area contributed by atoms with E-state index in [9.17, 15) is 13.2 Å². The first kappa shape index (κ1) is 16.0. The second kappa shape index (κ2) is 6.58. The Kier molecular flexibility index (Phi) is 5.00. The van der Waals surface area contributed by atoms with Gasteiger partial charge in [-0.05, 0) is 35.9 Å². The zero-order chi connectivity index (χ0) is 15.5. The molecule has 2 aromatic rings. The Balaban J connectivity index is 2.56. The largest absolute Gasteiger partial charge is 0.416 e. The normalized spacial score (nSPS) is 13.2. The second-order valence-corrected chi connectivity index (χ2v) is 5.42. The van der Waals surface area contributed by atoms with E-state index >= 15 is 0 Å². The van der Waals surface area contributed by atoms with Crippen LogP contribution in [0.15, 0.2) is 47.2 Å². The molecule has 0 radical (unpaired) electrons. The minimum atomic E-state index is -4.41. The van der Waals surface area contributed by atoms with Crippen LogP contribution < -0.4 is 5.32 Å². The molecule has 0 bridgehead atoms. The monoisotopic (exact) mass is 358 g/mol. The van der Waals surface area contributed by atoms with Gasteiger partial charge in [-0.25, -0.2) is 0 Å². The highest BCUT2D eigenvalue weighted by atomic mass is 79.9. The Morgan fingerprint density at radius 3 is 2.62 bits per heavy atom. The van der Waals surface area contributed by atoms with Crippen molar-refractivity contribution in [3.05, 3.63) is 63.9 Å². The molecule has 1 unspecified atom stereocenters. The number of halogens is 4. The van der Waals surface area contributed by atoms with E-state index in [1.165, 1.54) is 6.07 Å². The molecule has 0 aliphatic carbocycles. The van der Waals surface area contributed by atoms with Crippen molar-refractivity contribution < 1.29 is 13.2 Å². The van der Waals surface area contributed by atoms with E-state index in [4.69, 9.17) is 0 Å². The number of benzene rings is 1. The minimum Gasteiger partial charge on any atom is -0.306 e. The Bertz CT molecular complexity index is 600. The van der Waals surface area contributed by atoms with Gasteiger partial charge >= 0.3 is 6.18 Å². The Morgan fingerprint density at radius 2 is 2.05 bits per heavy atom. The fraction of sp³-hybridized carbons (Fsp3) is 0.267. The molecule has 0 aliphatic heterocycles. The van der Waals surface area contributed by atoms with Gasteiger partial charge in [0, 0.05) is 16.9 Å². The van der Waals surface area contributed by atoms with E-state index in [2.05, 4.69) is 26.2 Å². The molecule has 1 aromatic heterocycles. The van der Waals surface area contributed by atoms with Gasteiger partial charge in [0.1, 0.15) is 0 Å². The summed E-state index contributed by atoms with van der Waals surface area (Å²) in [6.45, 7) is 2.41. The van der Waals surface area contributed by atoms with Crippen LogP contribution in [-0.2, 0) is 6.18 Å². The predicted octanol–water partition coefficient (Wildman–Crippen LogP) is 4.56. The van der Waals surface area contributed by atoms with Gasteiger partial charge < -0.3 is 5.32 Å². The molecule has 21 heavy (non-hydrogen) atoms. The lowest BCUT2D eigenvalue weighted by atomic mass is 9.95. The fourth-order valence-electron chi connectivity index (χ4n) is 2.18. The van der Waals surface area contributed by atoms with Crippen molar-refractivity contribution in [2.24, 2.45) is 0 Å². The first-order chi connectivity index (χ1) is 9.93. The van der Waals surface area contributed by atoms with Gasteiger partial charge in [0.25, 0.3) is 0 Å². The first-order valence-electron chi connectivity index (χ1n) is 6.43. The molecule has 1 heterocycles. The van der Waals surface area contributed by atoms with Crippen LogP contribution in [0.4, 0.5) is 13.2 Å². The van der Waals surface area contributed by atoms with E-state index < -0.39 is 17.8 Å². The quantitative estimate of drug-likeness (QED) is 0.866. The van der Waals surface area contributed by atoms with Crippen molar-refractivity contribution >= 4 is 15.9 Å². The SMILES string of the molecule is CCNC(c1cccnc1)c1ccc(Br)cc1C(F)(F)F. The fourth-order valence-corrected chi connectivity index (χ4v) is 2.55. The molecule has 2 rings (SSSR count). The topological polar surface area (TPSA) is 24.9 Å². The number of hydrogen-bond donors (Lipinski definition) is 1. The van der Waals surface area contributed by atoms with Crippen molar-refractivity contribution in [1.82, 2.24) is 10.3 Å². The summed E-state index contributed by atoms with van der Waals surface area (Å²) in [5.74, 6) is 0. The molecule has 0 saturated carbocycles. The van der Waals surface area contributed by atoms with Crippen molar-refractivity contribution in [3.63, 3.8) is 0 Å². The summed E-state index contributed by atoms with van der Waals surface area (Å²) in [6.07, 6.45) is -1.23. The smallest absolute Gasteiger partial charge is 0.306 e. The highest BCUT2D eigenvalue weighted by Gasteiger charge is 2.35. The second-order valence-electron chi connectivity index (χ2n) is 4.51. The number of nitrogens with zero attached hydrogens (tertiary/aromatic N) is 1. The summed E-state index contributed by atoms with van der Waals surface area (Å²) >= 11 is 3.10. The van der Waals surface area contributed by atoms with Gasteiger partial charge in [0.2, 0.25) is 0 Å². The van der Waals surface area contributed by atoms with Crippen molar-refractivity contribution in [1.29, 1.82) is 0 Å². The summed E-state index contributed by atoms with van der Waals surface area (Å²) < 4.78 is 40.2. The molecule has 1 aromatic carbocycles. The third kappa shape index (κ3) is 3.83. The number of rotatable bonds is 4. The molecule has 0 fully saturated rings. The Morgan fingerprint density at radius 1 is 1.29 bits per heavy atom. The maximum Gasteiger partial charge on any atom is 0.416 e. The number of pyridine rings is 1. The summed E-state index contributed by atoms with van der Waals surface area (Å²) in [4.78, 5) is 3.99. The number of alkyl halides is 3. The molecule has 1 atom stereocenters. The number of nitrogens with one attached hydrogen (secondary N) is 1. The average molecular weight is 359 g/mol. The lowest BCUT2D eigenvalue weighted by Gasteiger charge is -2.23. The van der Waals surface area contributed by atoms with E-state index in [1.54, 1.807) is 30.6 Å². The number of aromatic nitrogens is 1. The maximum absolute atomic E-state index is 13.3. The van der Waals surface area contributed by atoms with Crippen LogP contribution >= 0.6 is 15.9 Å². The van der Waals surface area contributed by atoms with Gasteiger partial charge in [-0.2, -0.15) is 13.2 Å². The van der Waals surface area contributed by atoms with Crippen molar-refractivity contribution in [2.45, 2.75) is 19.1 Å². The van der Waals surface area contributed by atoms with Crippen LogP contribution in [0.1, 0.15) is 29.7 Å². The van der Waals surface area contributed by atoms with Crippen LogP contribution in [0.5, 0.6) is 0 Å². The highest BCUT2D eigenvalue weighted by Crippen LogP contribution is 2.37. The lowest BCUT2D eigenvalue weighted by molar-refractivity contribution is -0.138. The standard InChI is InChI=1S/C15H14BrF3N2/c1-2-21-14(10-4-3-7-20-9-10)12-6-5-11(16)8-13(12)15(17,18)19/h3-9,14,21H,2H2,1H3. The third-order valence-corrected chi connectivity index (χ3v) is 3.55. The molecule has 0 aliphatic rings. The third-order valence-electron chi connectivity index (χ3n) is 3.06. The Labute approximate surface area is 129 Å². The van der Waals surface area contributed by atoms with E-state index in [0.29, 0.717) is 16.6 Å². The zero-order valence-electron chi connectivity index (χ0n) is 11.3. The van der Waals surface area contributed by atoms with E-state index in [-0.39, 0.29) is 5.56 Å². The zero-order valence-corrected chi connectivity index (χ0v) is 12.9. The Hall–Kier alpha value is -1.40. The predicted molar refractivity (Wildman–Crippen MR) is 78.9 cm³/mol. The van der Waals surface area contributed by atoms with Crippen LogP contribution in [0, 0.1) is 0 Å². The molecule has 0 spiro atoms. The van der Waals surface area contributed by atoms with Gasteiger partial charge in [-0.3, -0.25) is 4.98 Å². The highest BCUT2D eigenvalue weighted by molar-refractivity contribution is 9.10. The van der Waals surface area contributed by atoms with Crippen molar-refractivity contribution in [2.75, 3.05) is 6.54 Å². The van der Waals surface area contributed by atoms with Gasteiger partial charge in [-0.1, -0.05) is 35.0 Å². The molecule has 112 valence electrons. The summed E-state index contributed by atoms with van der Waals surface area (Å²) in [6, 6.07) is 7.15.